The molecule has 2 fully saturated rings. The number of piperidine rings is 1. The summed E-state index contributed by atoms with van der Waals surface area (Å²) in [6, 6.07) is 4.88. The van der Waals surface area contributed by atoms with Gasteiger partial charge in [-0.2, -0.15) is 0 Å². The minimum atomic E-state index is -0.245. The quantitative estimate of drug-likeness (QED) is 0.725. The second-order valence-electron chi connectivity index (χ2n) is 6.04. The number of amides is 1. The van der Waals surface area contributed by atoms with Gasteiger partial charge < -0.3 is 20.4 Å². The van der Waals surface area contributed by atoms with Crippen LogP contribution in [-0.2, 0) is 0 Å². The van der Waals surface area contributed by atoms with Gasteiger partial charge in [0.2, 0.25) is 0 Å². The molecule has 114 valence electrons. The van der Waals surface area contributed by atoms with Crippen molar-refractivity contribution in [3.05, 3.63) is 23.8 Å². The lowest BCUT2D eigenvalue weighted by atomic mass is 9.88. The van der Waals surface area contributed by atoms with Crippen molar-refractivity contribution >= 4 is 5.91 Å². The van der Waals surface area contributed by atoms with E-state index in [0.717, 1.165) is 32.5 Å². The first-order chi connectivity index (χ1) is 10.1. The number of rotatable bonds is 2. The van der Waals surface area contributed by atoms with Crippen molar-refractivity contribution in [1.29, 1.82) is 0 Å². The van der Waals surface area contributed by atoms with Crippen LogP contribution >= 0.6 is 0 Å². The molecule has 2 heterocycles. The van der Waals surface area contributed by atoms with Crippen molar-refractivity contribution in [2.75, 3.05) is 19.6 Å². The van der Waals surface area contributed by atoms with Crippen LogP contribution in [0.1, 0.15) is 36.0 Å². The van der Waals surface area contributed by atoms with Gasteiger partial charge in [-0.15, -0.1) is 0 Å². The Kier molecular flexibility index (Phi) is 4.01. The zero-order chi connectivity index (χ0) is 14.8. The molecule has 21 heavy (non-hydrogen) atoms. The minimum Gasteiger partial charge on any atom is -0.504 e. The normalized spacial score (nSPS) is 23.4. The van der Waals surface area contributed by atoms with Crippen LogP contribution in [0.25, 0.3) is 0 Å². The van der Waals surface area contributed by atoms with E-state index in [9.17, 15) is 15.0 Å². The lowest BCUT2D eigenvalue weighted by molar-refractivity contribution is 0.0674. The molecular weight excluding hydrogens is 268 g/mol. The monoisotopic (exact) mass is 290 g/mol. The molecule has 5 heteroatoms. The van der Waals surface area contributed by atoms with Crippen LogP contribution in [-0.4, -0.2) is 46.7 Å². The minimum absolute atomic E-state index is 0.0665. The van der Waals surface area contributed by atoms with E-state index in [1.165, 1.54) is 25.0 Å². The lowest BCUT2D eigenvalue weighted by Crippen LogP contribution is -2.43. The SMILES string of the molecule is O=C(c1ccc(O)c(O)c1)N1CCC(C2CCCN2)CC1. The van der Waals surface area contributed by atoms with Gasteiger partial charge in [-0.1, -0.05) is 0 Å². The van der Waals surface area contributed by atoms with E-state index >= 15 is 0 Å². The number of nitrogens with one attached hydrogen (secondary N) is 1. The zero-order valence-corrected chi connectivity index (χ0v) is 12.1. The Morgan fingerprint density at radius 2 is 1.90 bits per heavy atom. The van der Waals surface area contributed by atoms with Gasteiger partial charge in [0.25, 0.3) is 5.91 Å². The molecule has 2 saturated heterocycles. The van der Waals surface area contributed by atoms with Crippen molar-refractivity contribution in [1.82, 2.24) is 10.2 Å². The fourth-order valence-corrected chi connectivity index (χ4v) is 3.46. The number of nitrogens with zero attached hydrogens (tertiary/aromatic N) is 1. The Hall–Kier alpha value is -1.75. The maximum absolute atomic E-state index is 12.4. The van der Waals surface area contributed by atoms with Crippen LogP contribution in [0, 0.1) is 5.92 Å². The molecular formula is C16H22N2O3. The third kappa shape index (κ3) is 2.97. The Balaban J connectivity index is 1.60. The van der Waals surface area contributed by atoms with Gasteiger partial charge in [-0.3, -0.25) is 4.79 Å². The van der Waals surface area contributed by atoms with E-state index in [1.54, 1.807) is 6.07 Å². The highest BCUT2D eigenvalue weighted by molar-refractivity contribution is 5.94. The number of phenolic OH excluding ortho intramolecular Hbond substituents is 2. The largest absolute Gasteiger partial charge is 0.504 e. The molecule has 0 bridgehead atoms. The molecule has 2 aliphatic heterocycles. The predicted molar refractivity (Wildman–Crippen MR) is 79.4 cm³/mol. The molecule has 1 aromatic carbocycles. The Morgan fingerprint density at radius 1 is 1.14 bits per heavy atom. The van der Waals surface area contributed by atoms with Crippen molar-refractivity contribution in [3.8, 4) is 11.5 Å². The molecule has 1 atom stereocenters. The number of likely N-dealkylation sites (tertiary alicyclic amines) is 1. The van der Waals surface area contributed by atoms with Crippen LogP contribution in [0.3, 0.4) is 0 Å². The number of aromatic hydroxyl groups is 2. The molecule has 3 N–H and O–H groups in total. The van der Waals surface area contributed by atoms with E-state index in [4.69, 9.17) is 0 Å². The molecule has 1 unspecified atom stereocenters. The van der Waals surface area contributed by atoms with E-state index in [2.05, 4.69) is 5.32 Å². The number of carbonyl (C=O) groups excluding carboxylic acids is 1. The van der Waals surface area contributed by atoms with Crippen LogP contribution < -0.4 is 5.32 Å². The van der Waals surface area contributed by atoms with Crippen molar-refractivity contribution in [3.63, 3.8) is 0 Å². The molecule has 0 saturated carbocycles. The molecule has 2 aliphatic rings. The summed E-state index contributed by atoms with van der Waals surface area (Å²) in [6.07, 6.45) is 4.59. The second-order valence-corrected chi connectivity index (χ2v) is 6.04. The first-order valence-electron chi connectivity index (χ1n) is 7.70. The standard InChI is InChI=1S/C16H22N2O3/c19-14-4-3-12(10-15(14)20)16(21)18-8-5-11(6-9-18)13-2-1-7-17-13/h3-4,10-11,13,17,19-20H,1-2,5-9H2. The average Bonchev–Trinajstić information content (AvgIpc) is 3.04. The van der Waals surface area contributed by atoms with E-state index in [-0.39, 0.29) is 17.4 Å². The highest BCUT2D eigenvalue weighted by atomic mass is 16.3. The Bertz CT molecular complexity index is 518. The van der Waals surface area contributed by atoms with Gasteiger partial charge in [0.15, 0.2) is 11.5 Å². The third-order valence-corrected chi connectivity index (χ3v) is 4.72. The van der Waals surface area contributed by atoms with Gasteiger partial charge >= 0.3 is 0 Å². The van der Waals surface area contributed by atoms with Gasteiger partial charge in [-0.25, -0.2) is 0 Å². The van der Waals surface area contributed by atoms with Gasteiger partial charge in [0.05, 0.1) is 0 Å². The molecule has 0 spiro atoms. The fourth-order valence-electron chi connectivity index (χ4n) is 3.46. The summed E-state index contributed by atoms with van der Waals surface area (Å²) in [5, 5.41) is 22.4. The first-order valence-corrected chi connectivity index (χ1v) is 7.70. The van der Waals surface area contributed by atoms with Gasteiger partial charge in [-0.05, 0) is 56.3 Å². The predicted octanol–water partition coefficient (Wildman–Crippen LogP) is 1.70. The molecule has 5 nitrogen and oxygen atoms in total. The Labute approximate surface area is 124 Å². The molecule has 1 amide bonds. The molecule has 0 aromatic heterocycles. The zero-order valence-electron chi connectivity index (χ0n) is 12.1. The van der Waals surface area contributed by atoms with Crippen molar-refractivity contribution in [2.45, 2.75) is 31.7 Å². The highest BCUT2D eigenvalue weighted by Crippen LogP contribution is 2.28. The number of phenols is 2. The van der Waals surface area contributed by atoms with Crippen LogP contribution in [0.15, 0.2) is 18.2 Å². The summed E-state index contributed by atoms with van der Waals surface area (Å²) in [6.45, 7) is 2.66. The maximum atomic E-state index is 12.4. The number of hydrogen-bond acceptors (Lipinski definition) is 4. The van der Waals surface area contributed by atoms with Gasteiger partial charge in [0.1, 0.15) is 0 Å². The summed E-state index contributed by atoms with van der Waals surface area (Å²) in [4.78, 5) is 14.3. The summed E-state index contributed by atoms with van der Waals surface area (Å²) in [5.41, 5.74) is 0.433. The molecule has 3 rings (SSSR count). The molecule has 0 aliphatic carbocycles. The van der Waals surface area contributed by atoms with E-state index in [1.807, 2.05) is 4.90 Å². The second kappa shape index (κ2) is 5.93. The fraction of sp³-hybridized carbons (Fsp3) is 0.562. The van der Waals surface area contributed by atoms with Crippen LogP contribution in [0.4, 0.5) is 0 Å². The molecule has 1 aromatic rings. The summed E-state index contributed by atoms with van der Waals surface area (Å²) >= 11 is 0. The summed E-state index contributed by atoms with van der Waals surface area (Å²) in [7, 11) is 0. The van der Waals surface area contributed by atoms with E-state index in [0.29, 0.717) is 17.5 Å². The van der Waals surface area contributed by atoms with Crippen molar-refractivity contribution in [2.24, 2.45) is 5.92 Å². The van der Waals surface area contributed by atoms with Crippen molar-refractivity contribution < 1.29 is 15.0 Å². The number of hydrogen-bond donors (Lipinski definition) is 3. The Morgan fingerprint density at radius 3 is 2.52 bits per heavy atom. The van der Waals surface area contributed by atoms with E-state index < -0.39 is 0 Å². The smallest absolute Gasteiger partial charge is 0.253 e. The lowest BCUT2D eigenvalue weighted by Gasteiger charge is -2.35. The average molecular weight is 290 g/mol. The first kappa shape index (κ1) is 14.2. The van der Waals surface area contributed by atoms with Gasteiger partial charge in [0, 0.05) is 24.7 Å². The summed E-state index contributed by atoms with van der Waals surface area (Å²) in [5.74, 6) is 0.163. The maximum Gasteiger partial charge on any atom is 0.253 e. The highest BCUT2D eigenvalue weighted by Gasteiger charge is 2.30. The summed E-state index contributed by atoms with van der Waals surface area (Å²) < 4.78 is 0. The topological polar surface area (TPSA) is 72.8 Å². The number of carbonyl (C=O) groups is 1. The van der Waals surface area contributed by atoms with Crippen LogP contribution in [0.5, 0.6) is 11.5 Å². The molecule has 0 radical (unpaired) electrons. The third-order valence-electron chi connectivity index (χ3n) is 4.72. The number of benzene rings is 1. The van der Waals surface area contributed by atoms with Crippen LogP contribution in [0.2, 0.25) is 0 Å².